The van der Waals surface area contributed by atoms with Crippen LogP contribution in [0.4, 0.5) is 5.69 Å². The molecule has 4 nitrogen and oxygen atoms in total. The van der Waals surface area contributed by atoms with E-state index in [2.05, 4.69) is 34.1 Å². The molecular weight excluding hydrogens is 226 g/mol. The number of carbonyl (C=O) groups is 1. The first-order chi connectivity index (χ1) is 8.83. The van der Waals surface area contributed by atoms with Crippen LogP contribution in [0.25, 0.3) is 0 Å². The second-order valence-electron chi connectivity index (χ2n) is 5.07. The van der Waals surface area contributed by atoms with Crippen molar-refractivity contribution < 1.29 is 4.79 Å². The molecule has 0 atom stereocenters. The third-order valence-corrected chi connectivity index (χ3v) is 3.48. The van der Waals surface area contributed by atoms with E-state index in [1.165, 1.54) is 16.8 Å². The summed E-state index contributed by atoms with van der Waals surface area (Å²) < 4.78 is 0. The van der Waals surface area contributed by atoms with E-state index in [0.29, 0.717) is 12.6 Å². The fourth-order valence-corrected chi connectivity index (χ4v) is 2.38. The summed E-state index contributed by atoms with van der Waals surface area (Å²) in [5, 5.41) is 9.60. The van der Waals surface area contributed by atoms with E-state index in [-0.39, 0.29) is 5.91 Å². The molecule has 4 heteroatoms. The summed E-state index contributed by atoms with van der Waals surface area (Å²) in [6.45, 7) is 2.17. The van der Waals surface area contributed by atoms with Crippen molar-refractivity contribution in [3.63, 3.8) is 0 Å². The van der Waals surface area contributed by atoms with Crippen LogP contribution in [0.3, 0.4) is 0 Å². The molecule has 0 aromatic heterocycles. The maximum atomic E-state index is 11.5. The summed E-state index contributed by atoms with van der Waals surface area (Å²) in [4.78, 5) is 11.5. The van der Waals surface area contributed by atoms with E-state index in [9.17, 15) is 4.79 Å². The molecule has 2 aliphatic rings. The van der Waals surface area contributed by atoms with Gasteiger partial charge in [0.25, 0.3) is 0 Å². The van der Waals surface area contributed by atoms with E-state index in [4.69, 9.17) is 0 Å². The van der Waals surface area contributed by atoms with Gasteiger partial charge in [0.05, 0.1) is 6.54 Å². The summed E-state index contributed by atoms with van der Waals surface area (Å²) in [5.41, 5.74) is 3.90. The number of amides is 1. The topological polar surface area (TPSA) is 53.2 Å². The molecular formula is C14H19N3O. The van der Waals surface area contributed by atoms with Crippen LogP contribution in [0.2, 0.25) is 0 Å². The van der Waals surface area contributed by atoms with E-state index in [1.807, 2.05) is 0 Å². The molecule has 1 aliphatic heterocycles. The van der Waals surface area contributed by atoms with Gasteiger partial charge in [-0.2, -0.15) is 0 Å². The molecule has 1 amide bonds. The number of hydrogen-bond acceptors (Lipinski definition) is 3. The van der Waals surface area contributed by atoms with Crippen LogP contribution < -0.4 is 16.0 Å². The molecule has 3 rings (SSSR count). The Morgan fingerprint density at radius 2 is 2.28 bits per heavy atom. The number of anilines is 1. The first kappa shape index (κ1) is 11.5. The molecule has 1 aromatic rings. The zero-order chi connectivity index (χ0) is 12.4. The highest BCUT2D eigenvalue weighted by Crippen LogP contribution is 2.26. The predicted octanol–water partition coefficient (Wildman–Crippen LogP) is 1.02. The quantitative estimate of drug-likeness (QED) is 0.726. The van der Waals surface area contributed by atoms with Crippen molar-refractivity contribution in [2.45, 2.75) is 31.8 Å². The molecule has 1 fully saturated rings. The van der Waals surface area contributed by atoms with E-state index >= 15 is 0 Å². The zero-order valence-corrected chi connectivity index (χ0v) is 10.5. The van der Waals surface area contributed by atoms with Crippen molar-refractivity contribution in [2.75, 3.05) is 18.4 Å². The number of hydrogen-bond donors (Lipinski definition) is 3. The smallest absolute Gasteiger partial charge is 0.234 e. The standard InChI is InChI=1S/C14H19N3O/c18-13(17-12-4-5-12)9-15-8-11-3-1-2-10-6-7-16-14(10)11/h1-3,12,15-16H,4-9H2,(H,17,18). The van der Waals surface area contributed by atoms with Crippen LogP contribution in [0.1, 0.15) is 24.0 Å². The van der Waals surface area contributed by atoms with Gasteiger partial charge in [-0.1, -0.05) is 18.2 Å². The molecule has 18 heavy (non-hydrogen) atoms. The lowest BCUT2D eigenvalue weighted by atomic mass is 10.1. The van der Waals surface area contributed by atoms with Gasteiger partial charge in [0.15, 0.2) is 0 Å². The predicted molar refractivity (Wildman–Crippen MR) is 71.5 cm³/mol. The Balaban J connectivity index is 1.50. The zero-order valence-electron chi connectivity index (χ0n) is 10.5. The van der Waals surface area contributed by atoms with E-state index in [0.717, 1.165) is 32.4 Å². The third-order valence-electron chi connectivity index (χ3n) is 3.48. The normalized spacial score (nSPS) is 17.1. The average Bonchev–Trinajstić information content (AvgIpc) is 3.04. The molecule has 1 saturated carbocycles. The van der Waals surface area contributed by atoms with Crippen LogP contribution in [0.5, 0.6) is 0 Å². The molecule has 0 unspecified atom stereocenters. The van der Waals surface area contributed by atoms with E-state index < -0.39 is 0 Å². The molecule has 0 radical (unpaired) electrons. The highest BCUT2D eigenvalue weighted by molar-refractivity contribution is 5.78. The second kappa shape index (κ2) is 4.98. The van der Waals surface area contributed by atoms with Gasteiger partial charge in [-0.15, -0.1) is 0 Å². The second-order valence-corrected chi connectivity index (χ2v) is 5.07. The van der Waals surface area contributed by atoms with Crippen LogP contribution in [-0.4, -0.2) is 25.0 Å². The summed E-state index contributed by atoms with van der Waals surface area (Å²) in [5.74, 6) is 0.109. The largest absolute Gasteiger partial charge is 0.384 e. The number of nitrogens with one attached hydrogen (secondary N) is 3. The van der Waals surface area contributed by atoms with Gasteiger partial charge in [-0.25, -0.2) is 0 Å². The number of rotatable bonds is 5. The first-order valence-corrected chi connectivity index (χ1v) is 6.67. The summed E-state index contributed by atoms with van der Waals surface area (Å²) in [7, 11) is 0. The van der Waals surface area contributed by atoms with Crippen LogP contribution >= 0.6 is 0 Å². The molecule has 0 bridgehead atoms. The lowest BCUT2D eigenvalue weighted by molar-refractivity contribution is -0.120. The number of benzene rings is 1. The Kier molecular flexibility index (Phi) is 3.19. The summed E-state index contributed by atoms with van der Waals surface area (Å²) in [6, 6.07) is 6.82. The highest BCUT2D eigenvalue weighted by atomic mass is 16.2. The van der Waals surface area contributed by atoms with Gasteiger partial charge in [-0.05, 0) is 30.4 Å². The Bertz CT molecular complexity index is 454. The van der Waals surface area contributed by atoms with Gasteiger partial charge in [0.1, 0.15) is 0 Å². The van der Waals surface area contributed by atoms with Crippen LogP contribution in [0, 0.1) is 0 Å². The highest BCUT2D eigenvalue weighted by Gasteiger charge is 2.22. The maximum absolute atomic E-state index is 11.5. The van der Waals surface area contributed by atoms with Crippen molar-refractivity contribution in [1.82, 2.24) is 10.6 Å². The number of para-hydroxylation sites is 1. The van der Waals surface area contributed by atoms with Crippen molar-refractivity contribution in [2.24, 2.45) is 0 Å². The lowest BCUT2D eigenvalue weighted by Crippen LogP contribution is -2.34. The molecule has 96 valence electrons. The molecule has 3 N–H and O–H groups in total. The van der Waals surface area contributed by atoms with Gasteiger partial charge >= 0.3 is 0 Å². The van der Waals surface area contributed by atoms with Crippen molar-refractivity contribution in [1.29, 1.82) is 0 Å². The minimum absolute atomic E-state index is 0.109. The first-order valence-electron chi connectivity index (χ1n) is 6.67. The fourth-order valence-electron chi connectivity index (χ4n) is 2.38. The van der Waals surface area contributed by atoms with Crippen LogP contribution in [-0.2, 0) is 17.8 Å². The Morgan fingerprint density at radius 3 is 3.11 bits per heavy atom. The third kappa shape index (κ3) is 2.64. The maximum Gasteiger partial charge on any atom is 0.234 e. The van der Waals surface area contributed by atoms with Gasteiger partial charge in [-0.3, -0.25) is 4.79 Å². The molecule has 1 heterocycles. The molecule has 1 aliphatic carbocycles. The number of carbonyl (C=O) groups excluding carboxylic acids is 1. The van der Waals surface area contributed by atoms with Gasteiger partial charge in [0.2, 0.25) is 5.91 Å². The van der Waals surface area contributed by atoms with Crippen LogP contribution in [0.15, 0.2) is 18.2 Å². The average molecular weight is 245 g/mol. The Morgan fingerprint density at radius 1 is 1.39 bits per heavy atom. The monoisotopic (exact) mass is 245 g/mol. The van der Waals surface area contributed by atoms with E-state index in [1.54, 1.807) is 0 Å². The SMILES string of the molecule is O=C(CNCc1cccc2c1NCC2)NC1CC1. The van der Waals surface area contributed by atoms with Crippen molar-refractivity contribution >= 4 is 11.6 Å². The summed E-state index contributed by atoms with van der Waals surface area (Å²) in [6.07, 6.45) is 3.38. The lowest BCUT2D eigenvalue weighted by Gasteiger charge is -2.10. The van der Waals surface area contributed by atoms with Crippen molar-refractivity contribution in [3.05, 3.63) is 29.3 Å². The Hall–Kier alpha value is -1.55. The number of fused-ring (bicyclic) bond motifs is 1. The summed E-state index contributed by atoms with van der Waals surface area (Å²) >= 11 is 0. The fraction of sp³-hybridized carbons (Fsp3) is 0.500. The molecule has 0 spiro atoms. The Labute approximate surface area is 107 Å². The minimum atomic E-state index is 0.109. The van der Waals surface area contributed by atoms with Gasteiger partial charge < -0.3 is 16.0 Å². The van der Waals surface area contributed by atoms with Crippen molar-refractivity contribution in [3.8, 4) is 0 Å². The molecule has 1 aromatic carbocycles. The minimum Gasteiger partial charge on any atom is -0.384 e. The van der Waals surface area contributed by atoms with Gasteiger partial charge in [0, 0.05) is 24.8 Å². The molecule has 0 saturated heterocycles.